The van der Waals surface area contributed by atoms with Gasteiger partial charge < -0.3 is 10.2 Å². The van der Waals surface area contributed by atoms with E-state index in [1.807, 2.05) is 14.1 Å². The van der Waals surface area contributed by atoms with Gasteiger partial charge in [-0.25, -0.2) is 0 Å². The first-order valence-electron chi connectivity index (χ1n) is 6.15. The van der Waals surface area contributed by atoms with Gasteiger partial charge in [-0.05, 0) is 19.5 Å². The van der Waals surface area contributed by atoms with Crippen molar-refractivity contribution in [2.45, 2.75) is 12.7 Å². The van der Waals surface area contributed by atoms with Gasteiger partial charge >= 0.3 is 0 Å². The fraction of sp³-hybridized carbons (Fsp3) is 0.500. The zero-order valence-electron chi connectivity index (χ0n) is 11.4. The van der Waals surface area contributed by atoms with E-state index >= 15 is 0 Å². The topological polar surface area (TPSA) is 32.3 Å². The largest absolute Gasteiger partial charge is 0.344 e. The quantitative estimate of drug-likeness (QED) is 0.818. The molecule has 0 radical (unpaired) electrons. The Kier molecular flexibility index (Phi) is 6.83. The molecule has 3 nitrogen and oxygen atoms in total. The lowest BCUT2D eigenvalue weighted by atomic mass is 10.2. The van der Waals surface area contributed by atoms with E-state index in [1.165, 1.54) is 11.1 Å². The Morgan fingerprint density at radius 1 is 1.44 bits per heavy atom. The molecular formula is C14H22N2OS. The summed E-state index contributed by atoms with van der Waals surface area (Å²) >= 11 is 1.67. The van der Waals surface area contributed by atoms with Crippen LogP contribution in [0.5, 0.6) is 0 Å². The Morgan fingerprint density at radius 2 is 2.22 bits per heavy atom. The van der Waals surface area contributed by atoms with E-state index in [1.54, 1.807) is 16.7 Å². The van der Waals surface area contributed by atoms with E-state index in [4.69, 9.17) is 0 Å². The molecule has 0 bridgehead atoms. The highest BCUT2D eigenvalue weighted by molar-refractivity contribution is 7.99. The van der Waals surface area contributed by atoms with Crippen LogP contribution in [0.3, 0.4) is 0 Å². The third-order valence-electron chi connectivity index (χ3n) is 2.70. The number of nitrogens with zero attached hydrogens (tertiary/aromatic N) is 1. The minimum atomic E-state index is 0.197. The van der Waals surface area contributed by atoms with Gasteiger partial charge in [0.15, 0.2) is 0 Å². The van der Waals surface area contributed by atoms with Gasteiger partial charge in [0.25, 0.3) is 0 Å². The minimum Gasteiger partial charge on any atom is -0.344 e. The van der Waals surface area contributed by atoms with Crippen LogP contribution < -0.4 is 5.32 Å². The van der Waals surface area contributed by atoms with Crippen molar-refractivity contribution in [1.29, 1.82) is 0 Å². The van der Waals surface area contributed by atoms with Crippen molar-refractivity contribution in [2.24, 2.45) is 0 Å². The Morgan fingerprint density at radius 3 is 2.89 bits per heavy atom. The molecule has 0 aliphatic heterocycles. The lowest BCUT2D eigenvalue weighted by molar-refractivity contribution is -0.127. The summed E-state index contributed by atoms with van der Waals surface area (Å²) in [4.78, 5) is 13.6. The van der Waals surface area contributed by atoms with Gasteiger partial charge in [-0.15, -0.1) is 11.8 Å². The highest BCUT2D eigenvalue weighted by Gasteiger charge is 2.07. The number of nitrogens with one attached hydrogen (secondary N) is 1. The van der Waals surface area contributed by atoms with Gasteiger partial charge in [0.2, 0.25) is 5.91 Å². The lowest BCUT2D eigenvalue weighted by Crippen LogP contribution is -2.33. The molecule has 0 aromatic heterocycles. The standard InChI is InChI=1S/C14H22N2OS/c1-12-5-4-6-13(9-12)10-18-11-14(17)16(3)8-7-15-2/h4-6,9,15H,7-8,10-11H2,1-3H3. The second-order valence-corrected chi connectivity index (χ2v) is 5.39. The van der Waals surface area contributed by atoms with Crippen LogP contribution >= 0.6 is 11.8 Å². The number of thioether (sulfide) groups is 1. The average Bonchev–Trinajstić information content (AvgIpc) is 2.35. The molecule has 1 aromatic rings. The molecule has 0 fully saturated rings. The molecule has 1 aromatic carbocycles. The molecule has 0 saturated carbocycles. The molecule has 0 atom stereocenters. The molecule has 0 spiro atoms. The van der Waals surface area contributed by atoms with Crippen molar-refractivity contribution < 1.29 is 4.79 Å². The summed E-state index contributed by atoms with van der Waals surface area (Å²) in [5, 5.41) is 3.04. The number of amides is 1. The minimum absolute atomic E-state index is 0.197. The number of benzene rings is 1. The summed E-state index contributed by atoms with van der Waals surface area (Å²) in [6, 6.07) is 8.42. The summed E-state index contributed by atoms with van der Waals surface area (Å²) in [6.45, 7) is 3.69. The molecular weight excluding hydrogens is 244 g/mol. The van der Waals surface area contributed by atoms with Gasteiger partial charge in [0.05, 0.1) is 5.75 Å². The number of aryl methyl sites for hydroxylation is 1. The van der Waals surface area contributed by atoms with Crippen LogP contribution in [0, 0.1) is 6.92 Å². The summed E-state index contributed by atoms with van der Waals surface area (Å²) in [5.41, 5.74) is 2.55. The summed E-state index contributed by atoms with van der Waals surface area (Å²) in [6.07, 6.45) is 0. The Bertz CT molecular complexity index is 382. The molecule has 0 heterocycles. The Hall–Kier alpha value is -1.00. The van der Waals surface area contributed by atoms with Crippen molar-refractivity contribution in [1.82, 2.24) is 10.2 Å². The Labute approximate surface area is 114 Å². The van der Waals surface area contributed by atoms with Crippen LogP contribution in [-0.2, 0) is 10.5 Å². The normalized spacial score (nSPS) is 10.4. The zero-order valence-corrected chi connectivity index (χ0v) is 12.2. The molecule has 0 saturated heterocycles. The number of carbonyl (C=O) groups excluding carboxylic acids is 1. The predicted molar refractivity (Wildman–Crippen MR) is 78.9 cm³/mol. The van der Waals surface area contributed by atoms with Crippen molar-refractivity contribution in [3.05, 3.63) is 35.4 Å². The first-order valence-corrected chi connectivity index (χ1v) is 7.31. The first kappa shape index (κ1) is 15.1. The van der Waals surface area contributed by atoms with Crippen molar-refractivity contribution in [3.63, 3.8) is 0 Å². The summed E-state index contributed by atoms with van der Waals surface area (Å²) < 4.78 is 0. The third-order valence-corrected chi connectivity index (χ3v) is 3.69. The van der Waals surface area contributed by atoms with E-state index in [-0.39, 0.29) is 5.91 Å². The third kappa shape index (κ3) is 5.56. The number of carbonyl (C=O) groups is 1. The molecule has 0 aliphatic rings. The Balaban J connectivity index is 2.27. The molecule has 18 heavy (non-hydrogen) atoms. The van der Waals surface area contributed by atoms with Crippen molar-refractivity contribution >= 4 is 17.7 Å². The fourth-order valence-corrected chi connectivity index (χ4v) is 2.48. The maximum Gasteiger partial charge on any atom is 0.232 e. The maximum absolute atomic E-state index is 11.8. The van der Waals surface area contributed by atoms with E-state index < -0.39 is 0 Å². The first-order chi connectivity index (χ1) is 8.63. The molecule has 1 rings (SSSR count). The fourth-order valence-electron chi connectivity index (χ4n) is 1.57. The van der Waals surface area contributed by atoms with Crippen LogP contribution in [0.1, 0.15) is 11.1 Å². The smallest absolute Gasteiger partial charge is 0.232 e. The summed E-state index contributed by atoms with van der Waals surface area (Å²) in [5.74, 6) is 1.64. The molecule has 100 valence electrons. The van der Waals surface area contributed by atoms with Crippen molar-refractivity contribution in [3.8, 4) is 0 Å². The van der Waals surface area contributed by atoms with Crippen LogP contribution in [-0.4, -0.2) is 43.7 Å². The monoisotopic (exact) mass is 266 g/mol. The molecule has 1 amide bonds. The van der Waals surface area contributed by atoms with E-state index in [0.717, 1.165) is 18.8 Å². The van der Waals surface area contributed by atoms with Crippen LogP contribution in [0.25, 0.3) is 0 Å². The van der Waals surface area contributed by atoms with E-state index in [0.29, 0.717) is 5.75 Å². The SMILES string of the molecule is CNCCN(C)C(=O)CSCc1cccc(C)c1. The second kappa shape index (κ2) is 8.16. The number of hydrogen-bond acceptors (Lipinski definition) is 3. The maximum atomic E-state index is 11.8. The van der Waals surface area contributed by atoms with Gasteiger partial charge in [-0.1, -0.05) is 29.8 Å². The van der Waals surface area contributed by atoms with Crippen LogP contribution in [0.2, 0.25) is 0 Å². The predicted octanol–water partition coefficient (Wildman–Crippen LogP) is 1.91. The van der Waals surface area contributed by atoms with E-state index in [2.05, 4.69) is 36.5 Å². The number of likely N-dealkylation sites (N-methyl/N-ethyl adjacent to an activating group) is 2. The van der Waals surface area contributed by atoms with Crippen LogP contribution in [0.15, 0.2) is 24.3 Å². The van der Waals surface area contributed by atoms with Gasteiger partial charge in [0.1, 0.15) is 0 Å². The molecule has 0 unspecified atom stereocenters. The summed E-state index contributed by atoms with van der Waals surface area (Å²) in [7, 11) is 3.75. The molecule has 1 N–H and O–H groups in total. The molecule has 4 heteroatoms. The highest BCUT2D eigenvalue weighted by Crippen LogP contribution is 2.13. The zero-order chi connectivity index (χ0) is 13.4. The molecule has 0 aliphatic carbocycles. The van der Waals surface area contributed by atoms with Gasteiger partial charge in [0, 0.05) is 25.9 Å². The van der Waals surface area contributed by atoms with E-state index in [9.17, 15) is 4.79 Å². The number of hydrogen-bond donors (Lipinski definition) is 1. The highest BCUT2D eigenvalue weighted by atomic mass is 32.2. The average molecular weight is 266 g/mol. The number of rotatable bonds is 7. The lowest BCUT2D eigenvalue weighted by Gasteiger charge is -2.16. The van der Waals surface area contributed by atoms with Gasteiger partial charge in [-0.2, -0.15) is 0 Å². The second-order valence-electron chi connectivity index (χ2n) is 4.40. The van der Waals surface area contributed by atoms with Crippen LogP contribution in [0.4, 0.5) is 0 Å². The van der Waals surface area contributed by atoms with Crippen molar-refractivity contribution in [2.75, 3.05) is 32.9 Å². The van der Waals surface area contributed by atoms with Gasteiger partial charge in [-0.3, -0.25) is 4.79 Å².